The topological polar surface area (TPSA) is 59.1 Å². The van der Waals surface area contributed by atoms with Gasteiger partial charge in [0.15, 0.2) is 0 Å². The lowest BCUT2D eigenvalue weighted by Crippen LogP contribution is -2.10. The Morgan fingerprint density at radius 1 is 1.23 bits per heavy atom. The molecule has 22 heavy (non-hydrogen) atoms. The maximum absolute atomic E-state index is 4.50. The van der Waals surface area contributed by atoms with Gasteiger partial charge in [0.05, 0.1) is 12.0 Å². The molecular formula is C17H39N5. The average Bonchev–Trinajstić information content (AvgIpc) is 3.21. The maximum Gasteiger partial charge on any atom is 0.0951 e. The number of imidazole rings is 1. The highest BCUT2D eigenvalue weighted by Crippen LogP contribution is 2.05. The summed E-state index contributed by atoms with van der Waals surface area (Å²) in [4.78, 5) is 6.66. The van der Waals surface area contributed by atoms with Crippen molar-refractivity contribution in [1.29, 1.82) is 0 Å². The molecule has 0 unspecified atom stereocenters. The number of likely N-dealkylation sites (tertiary alicyclic amines) is 1. The van der Waals surface area contributed by atoms with Gasteiger partial charge in [-0.15, -0.1) is 0 Å². The lowest BCUT2D eigenvalue weighted by atomic mass is 10.3. The van der Waals surface area contributed by atoms with E-state index in [1.807, 2.05) is 27.2 Å². The van der Waals surface area contributed by atoms with Crippen molar-refractivity contribution in [2.45, 2.75) is 53.0 Å². The molecule has 1 saturated heterocycles. The van der Waals surface area contributed by atoms with Crippen LogP contribution in [0.5, 0.6) is 0 Å². The highest BCUT2D eigenvalue weighted by molar-refractivity contribution is 4.98. The largest absolute Gasteiger partial charge is 0.335 e. The minimum atomic E-state index is 0.515. The predicted octanol–water partition coefficient (Wildman–Crippen LogP) is 2.54. The molecule has 2 heterocycles. The lowest BCUT2D eigenvalue weighted by molar-refractivity contribution is 0.418. The molecular weight excluding hydrogens is 274 g/mol. The SMILES string of the molecule is CC.CN.CN1CCCC1.CNCCc1cn(C(C)C)cn1. The Morgan fingerprint density at radius 3 is 2.09 bits per heavy atom. The summed E-state index contributed by atoms with van der Waals surface area (Å²) in [6.45, 7) is 11.9. The Labute approximate surface area is 138 Å². The van der Waals surface area contributed by atoms with Crippen LogP contribution in [0.15, 0.2) is 12.5 Å². The van der Waals surface area contributed by atoms with Gasteiger partial charge in [-0.3, -0.25) is 0 Å². The summed E-state index contributed by atoms with van der Waals surface area (Å²) < 4.78 is 2.13. The average molecular weight is 314 g/mol. The van der Waals surface area contributed by atoms with Gasteiger partial charge < -0.3 is 20.5 Å². The molecule has 1 aromatic rings. The maximum atomic E-state index is 4.50. The van der Waals surface area contributed by atoms with Gasteiger partial charge in [-0.2, -0.15) is 0 Å². The smallest absolute Gasteiger partial charge is 0.0951 e. The quantitative estimate of drug-likeness (QED) is 0.897. The predicted molar refractivity (Wildman–Crippen MR) is 98.4 cm³/mol. The van der Waals surface area contributed by atoms with E-state index in [4.69, 9.17) is 0 Å². The fraction of sp³-hybridized carbons (Fsp3) is 0.824. The monoisotopic (exact) mass is 313 g/mol. The first-order valence-electron chi connectivity index (χ1n) is 8.56. The number of hydrogen-bond acceptors (Lipinski definition) is 4. The summed E-state index contributed by atoms with van der Waals surface area (Å²) in [7, 11) is 5.63. The molecule has 1 aliphatic heterocycles. The summed E-state index contributed by atoms with van der Waals surface area (Å²) in [6.07, 6.45) is 7.85. The van der Waals surface area contributed by atoms with Crippen molar-refractivity contribution in [3.63, 3.8) is 0 Å². The van der Waals surface area contributed by atoms with Crippen molar-refractivity contribution in [1.82, 2.24) is 19.8 Å². The molecule has 0 radical (unpaired) electrons. The van der Waals surface area contributed by atoms with Crippen LogP contribution in [-0.4, -0.2) is 55.2 Å². The van der Waals surface area contributed by atoms with Gasteiger partial charge in [0, 0.05) is 25.2 Å². The molecule has 132 valence electrons. The summed E-state index contributed by atoms with van der Waals surface area (Å²) in [5, 5.41) is 3.11. The Hall–Kier alpha value is -0.910. The number of nitrogens with zero attached hydrogens (tertiary/aromatic N) is 3. The Balaban J connectivity index is 0. The van der Waals surface area contributed by atoms with Crippen LogP contribution >= 0.6 is 0 Å². The van der Waals surface area contributed by atoms with E-state index in [1.54, 1.807) is 0 Å². The molecule has 0 aliphatic carbocycles. The zero-order valence-electron chi connectivity index (χ0n) is 15.9. The van der Waals surface area contributed by atoms with E-state index in [0.29, 0.717) is 6.04 Å². The van der Waals surface area contributed by atoms with Crippen LogP contribution in [0.25, 0.3) is 0 Å². The molecule has 1 aromatic heterocycles. The number of nitrogens with two attached hydrogens (primary N) is 1. The fourth-order valence-electron chi connectivity index (χ4n) is 1.92. The highest BCUT2D eigenvalue weighted by atomic mass is 15.1. The van der Waals surface area contributed by atoms with Gasteiger partial charge in [0.25, 0.3) is 0 Å². The van der Waals surface area contributed by atoms with E-state index >= 15 is 0 Å². The molecule has 0 spiro atoms. The van der Waals surface area contributed by atoms with Crippen molar-refractivity contribution in [3.05, 3.63) is 18.2 Å². The molecule has 2 rings (SSSR count). The minimum Gasteiger partial charge on any atom is -0.335 e. The molecule has 0 bridgehead atoms. The summed E-state index contributed by atoms with van der Waals surface area (Å²) in [5.74, 6) is 0. The number of hydrogen-bond donors (Lipinski definition) is 2. The third kappa shape index (κ3) is 11.7. The summed E-state index contributed by atoms with van der Waals surface area (Å²) in [6, 6.07) is 0.515. The zero-order chi connectivity index (χ0) is 17.4. The third-order valence-electron chi connectivity index (χ3n) is 3.21. The van der Waals surface area contributed by atoms with Gasteiger partial charge in [0.1, 0.15) is 0 Å². The first kappa shape index (κ1) is 23.4. The molecule has 1 fully saturated rings. The van der Waals surface area contributed by atoms with Crippen LogP contribution in [0.4, 0.5) is 0 Å². The second kappa shape index (κ2) is 16.5. The van der Waals surface area contributed by atoms with Crippen LogP contribution in [0.2, 0.25) is 0 Å². The molecule has 0 aromatic carbocycles. The van der Waals surface area contributed by atoms with Crippen LogP contribution in [0, 0.1) is 0 Å². The molecule has 5 nitrogen and oxygen atoms in total. The first-order valence-corrected chi connectivity index (χ1v) is 8.56. The Kier molecular flexibility index (Phi) is 17.5. The second-order valence-corrected chi connectivity index (χ2v) is 5.27. The molecule has 0 amide bonds. The van der Waals surface area contributed by atoms with E-state index in [0.717, 1.165) is 18.7 Å². The van der Waals surface area contributed by atoms with Gasteiger partial charge in [-0.25, -0.2) is 4.98 Å². The third-order valence-corrected chi connectivity index (χ3v) is 3.21. The Morgan fingerprint density at radius 2 is 1.77 bits per heavy atom. The molecule has 0 atom stereocenters. The number of nitrogens with one attached hydrogen (secondary N) is 1. The second-order valence-electron chi connectivity index (χ2n) is 5.27. The van der Waals surface area contributed by atoms with Crippen molar-refractivity contribution in [2.24, 2.45) is 5.73 Å². The molecule has 5 heteroatoms. The lowest BCUT2D eigenvalue weighted by Gasteiger charge is -2.03. The van der Waals surface area contributed by atoms with Gasteiger partial charge in [-0.05, 0) is 60.9 Å². The number of aromatic nitrogens is 2. The van der Waals surface area contributed by atoms with E-state index in [2.05, 4.69) is 52.6 Å². The van der Waals surface area contributed by atoms with E-state index in [9.17, 15) is 0 Å². The van der Waals surface area contributed by atoms with Gasteiger partial charge in [-0.1, -0.05) is 13.8 Å². The van der Waals surface area contributed by atoms with Gasteiger partial charge in [0.2, 0.25) is 0 Å². The normalized spacial score (nSPS) is 13.5. The minimum absolute atomic E-state index is 0.515. The van der Waals surface area contributed by atoms with Crippen LogP contribution in [-0.2, 0) is 6.42 Å². The Bertz CT molecular complexity index is 317. The van der Waals surface area contributed by atoms with E-state index in [-0.39, 0.29) is 0 Å². The highest BCUT2D eigenvalue weighted by Gasteiger charge is 2.03. The van der Waals surface area contributed by atoms with Crippen LogP contribution < -0.4 is 11.1 Å². The molecule has 0 saturated carbocycles. The van der Waals surface area contributed by atoms with Crippen LogP contribution in [0.1, 0.15) is 52.3 Å². The first-order chi connectivity index (χ1) is 10.6. The van der Waals surface area contributed by atoms with Gasteiger partial charge >= 0.3 is 0 Å². The summed E-state index contributed by atoms with van der Waals surface area (Å²) >= 11 is 0. The van der Waals surface area contributed by atoms with Crippen LogP contribution in [0.3, 0.4) is 0 Å². The fourth-order valence-corrected chi connectivity index (χ4v) is 1.92. The molecule has 3 N–H and O–H groups in total. The van der Waals surface area contributed by atoms with Crippen molar-refractivity contribution in [3.8, 4) is 0 Å². The van der Waals surface area contributed by atoms with Crippen molar-refractivity contribution in [2.75, 3.05) is 40.8 Å². The standard InChI is InChI=1S/C9H17N3.C5H11N.C2H6.CH5N/c1-8(2)12-6-9(11-7-12)4-5-10-3;1-6-4-2-3-5-6;2*1-2/h6-8,10H,4-5H2,1-3H3;2-5H2,1H3;1-2H3;2H2,1H3. The van der Waals surface area contributed by atoms with Crippen molar-refractivity contribution >= 4 is 0 Å². The van der Waals surface area contributed by atoms with E-state index < -0.39 is 0 Å². The van der Waals surface area contributed by atoms with E-state index in [1.165, 1.54) is 33.0 Å². The number of rotatable bonds is 4. The summed E-state index contributed by atoms with van der Waals surface area (Å²) in [5.41, 5.74) is 5.66. The number of likely N-dealkylation sites (N-methyl/N-ethyl adjacent to an activating group) is 1. The van der Waals surface area contributed by atoms with Crippen molar-refractivity contribution < 1.29 is 0 Å². The zero-order valence-corrected chi connectivity index (χ0v) is 15.9. The molecule has 1 aliphatic rings.